The summed E-state index contributed by atoms with van der Waals surface area (Å²) >= 11 is 6.29. The maximum Gasteiger partial charge on any atom is 0.404 e. The molecule has 37 heavy (non-hydrogen) atoms. The molecule has 1 atom stereocenters. The smallest absolute Gasteiger partial charge is 0.404 e. The van der Waals surface area contributed by atoms with Crippen molar-refractivity contribution in [2.75, 3.05) is 32.8 Å². The van der Waals surface area contributed by atoms with Crippen molar-refractivity contribution in [3.63, 3.8) is 0 Å². The number of nitrogens with zero attached hydrogens (tertiary/aromatic N) is 2. The Labute approximate surface area is 220 Å². The highest BCUT2D eigenvalue weighted by Crippen LogP contribution is 2.37. The Hall–Kier alpha value is -2.74. The van der Waals surface area contributed by atoms with E-state index < -0.39 is 18.0 Å². The Morgan fingerprint density at radius 2 is 1.68 bits per heavy atom. The lowest BCUT2D eigenvalue weighted by atomic mass is 9.90. The summed E-state index contributed by atoms with van der Waals surface area (Å²) < 4.78 is 46.9. The van der Waals surface area contributed by atoms with Crippen molar-refractivity contribution in [2.45, 2.75) is 50.6 Å². The quantitative estimate of drug-likeness (QED) is 0.352. The lowest BCUT2D eigenvalue weighted by Gasteiger charge is -2.35. The Bertz CT molecular complexity index is 1070. The van der Waals surface area contributed by atoms with Crippen LogP contribution in [0.1, 0.15) is 60.4 Å². The summed E-state index contributed by atoms with van der Waals surface area (Å²) in [6.07, 6.45) is 0.500. The second kappa shape index (κ2) is 12.2. The van der Waals surface area contributed by atoms with Gasteiger partial charge in [0, 0.05) is 26.2 Å². The number of likely N-dealkylation sites (tertiary alicyclic amines) is 2. The van der Waals surface area contributed by atoms with Crippen molar-refractivity contribution >= 4 is 23.4 Å². The van der Waals surface area contributed by atoms with Gasteiger partial charge in [-0.2, -0.15) is 13.2 Å². The van der Waals surface area contributed by atoms with Gasteiger partial charge in [-0.3, -0.25) is 9.59 Å². The van der Waals surface area contributed by atoms with Gasteiger partial charge < -0.3 is 14.5 Å². The molecule has 2 aromatic carbocycles. The zero-order valence-electron chi connectivity index (χ0n) is 20.7. The van der Waals surface area contributed by atoms with E-state index in [-0.39, 0.29) is 11.5 Å². The van der Waals surface area contributed by atoms with Crippen LogP contribution in [0.5, 0.6) is 5.75 Å². The molecule has 2 aliphatic rings. The summed E-state index contributed by atoms with van der Waals surface area (Å²) in [6.45, 7) is 2.74. The third kappa shape index (κ3) is 6.98. The van der Waals surface area contributed by atoms with Crippen molar-refractivity contribution in [1.29, 1.82) is 0 Å². The van der Waals surface area contributed by atoms with E-state index in [1.54, 1.807) is 29.2 Å². The number of halogens is 4. The van der Waals surface area contributed by atoms with E-state index in [1.165, 1.54) is 29.2 Å². The molecule has 9 heteroatoms. The van der Waals surface area contributed by atoms with E-state index in [2.05, 4.69) is 0 Å². The minimum Gasteiger partial charge on any atom is -0.494 e. The number of hydrogen-bond acceptors (Lipinski definition) is 3. The molecule has 2 fully saturated rings. The first kappa shape index (κ1) is 27.3. The van der Waals surface area contributed by atoms with Crippen LogP contribution in [0.4, 0.5) is 13.2 Å². The van der Waals surface area contributed by atoms with Crippen LogP contribution in [0.2, 0.25) is 5.02 Å². The van der Waals surface area contributed by atoms with Gasteiger partial charge in [0.25, 0.3) is 5.91 Å². The van der Waals surface area contributed by atoms with Crippen molar-refractivity contribution in [1.82, 2.24) is 9.80 Å². The van der Waals surface area contributed by atoms with E-state index in [0.717, 1.165) is 38.8 Å². The van der Waals surface area contributed by atoms with Crippen LogP contribution < -0.4 is 4.74 Å². The maximum absolute atomic E-state index is 13.7. The molecule has 2 heterocycles. The molecule has 0 saturated carbocycles. The molecular weight excluding hydrogens is 505 g/mol. The van der Waals surface area contributed by atoms with Crippen LogP contribution in [0.3, 0.4) is 0 Å². The van der Waals surface area contributed by atoms with Crippen LogP contribution >= 0.6 is 11.6 Å². The molecular formula is C28H32ClF3N2O3. The molecule has 0 aliphatic carbocycles. The van der Waals surface area contributed by atoms with Gasteiger partial charge in [-0.1, -0.05) is 48.4 Å². The lowest BCUT2D eigenvalue weighted by Crippen LogP contribution is -2.44. The highest BCUT2D eigenvalue weighted by molar-refractivity contribution is 6.34. The van der Waals surface area contributed by atoms with Gasteiger partial charge in [0.2, 0.25) is 5.91 Å². The van der Waals surface area contributed by atoms with Crippen LogP contribution in [-0.4, -0.2) is 60.6 Å². The number of rotatable bonds is 9. The molecule has 1 unspecified atom stereocenters. The van der Waals surface area contributed by atoms with Crippen LogP contribution in [0.25, 0.3) is 0 Å². The average molecular weight is 537 g/mol. The molecule has 4 rings (SSSR count). The van der Waals surface area contributed by atoms with Gasteiger partial charge in [-0.05, 0) is 61.8 Å². The van der Waals surface area contributed by atoms with Gasteiger partial charge in [-0.15, -0.1) is 0 Å². The minimum atomic E-state index is -4.62. The third-order valence-electron chi connectivity index (χ3n) is 7.22. The molecule has 0 spiro atoms. The van der Waals surface area contributed by atoms with Crippen LogP contribution in [0.15, 0.2) is 48.5 Å². The van der Waals surface area contributed by atoms with Gasteiger partial charge >= 0.3 is 6.18 Å². The molecule has 2 saturated heterocycles. The highest BCUT2D eigenvalue weighted by Gasteiger charge is 2.47. The van der Waals surface area contributed by atoms with Crippen molar-refractivity contribution < 1.29 is 27.5 Å². The normalized spacial score (nSPS) is 17.3. The summed E-state index contributed by atoms with van der Waals surface area (Å²) in [5.74, 6) is -2.02. The molecule has 0 aromatic heterocycles. The number of amides is 2. The Morgan fingerprint density at radius 1 is 0.973 bits per heavy atom. The number of carbonyl (C=O) groups is 2. The molecule has 2 aliphatic heterocycles. The van der Waals surface area contributed by atoms with E-state index in [9.17, 15) is 22.8 Å². The van der Waals surface area contributed by atoms with Crippen molar-refractivity contribution in [3.05, 3.63) is 64.7 Å². The minimum absolute atomic E-state index is 0.0132. The fourth-order valence-corrected chi connectivity index (χ4v) is 5.17. The van der Waals surface area contributed by atoms with E-state index in [4.69, 9.17) is 16.3 Å². The topological polar surface area (TPSA) is 49.9 Å². The maximum atomic E-state index is 13.7. The van der Waals surface area contributed by atoms with Crippen LogP contribution in [-0.2, 0) is 4.79 Å². The average Bonchev–Trinajstić information content (AvgIpc) is 2.83. The fourth-order valence-electron chi connectivity index (χ4n) is 4.92. The third-order valence-corrected chi connectivity index (χ3v) is 7.54. The molecule has 5 nitrogen and oxygen atoms in total. The second-order valence-corrected chi connectivity index (χ2v) is 10.2. The Morgan fingerprint density at radius 3 is 2.27 bits per heavy atom. The number of unbranched alkanes of at least 4 members (excludes halogenated alkanes) is 1. The molecule has 0 bridgehead atoms. The predicted molar refractivity (Wildman–Crippen MR) is 136 cm³/mol. The SMILES string of the molecule is O=C(c1ccc(OCCCCC2CCN(C(=O)C(c3ccccc3)C(F)(F)F)CC2)cc1Cl)N1CCC1. The van der Waals surface area contributed by atoms with Gasteiger partial charge in [0.1, 0.15) is 5.75 Å². The largest absolute Gasteiger partial charge is 0.494 e. The van der Waals surface area contributed by atoms with Crippen molar-refractivity contribution in [2.24, 2.45) is 5.92 Å². The predicted octanol–water partition coefficient (Wildman–Crippen LogP) is 6.32. The number of benzene rings is 2. The lowest BCUT2D eigenvalue weighted by molar-refractivity contribution is -0.172. The monoisotopic (exact) mass is 536 g/mol. The molecule has 0 N–H and O–H groups in total. The van der Waals surface area contributed by atoms with E-state index in [0.29, 0.717) is 54.8 Å². The number of hydrogen-bond donors (Lipinski definition) is 0. The molecule has 0 radical (unpaired) electrons. The van der Waals surface area contributed by atoms with Gasteiger partial charge in [-0.25, -0.2) is 0 Å². The summed E-state index contributed by atoms with van der Waals surface area (Å²) in [7, 11) is 0. The number of piperidine rings is 1. The molecule has 2 amide bonds. The zero-order chi connectivity index (χ0) is 26.4. The first-order valence-corrected chi connectivity index (χ1v) is 13.2. The van der Waals surface area contributed by atoms with E-state index >= 15 is 0 Å². The zero-order valence-corrected chi connectivity index (χ0v) is 21.4. The molecule has 2 aromatic rings. The Balaban J connectivity index is 1.17. The second-order valence-electron chi connectivity index (χ2n) is 9.79. The highest BCUT2D eigenvalue weighted by atomic mass is 35.5. The van der Waals surface area contributed by atoms with E-state index in [1.807, 2.05) is 0 Å². The number of alkyl halides is 3. The van der Waals surface area contributed by atoms with Crippen LogP contribution in [0, 0.1) is 5.92 Å². The number of carbonyl (C=O) groups excluding carboxylic acids is 2. The summed E-state index contributed by atoms with van der Waals surface area (Å²) in [5, 5.41) is 0.385. The first-order valence-electron chi connectivity index (χ1n) is 12.9. The summed E-state index contributed by atoms with van der Waals surface area (Å²) in [5.41, 5.74) is 0.477. The number of ether oxygens (including phenoxy) is 1. The fraction of sp³-hybridized carbons (Fsp3) is 0.500. The standard InChI is InChI=1S/C28H32ClF3N2O3/c29-24-19-22(10-11-23(24)26(35)33-14-6-15-33)37-18-5-4-7-20-12-16-34(17-13-20)27(36)25(28(30,31)32)21-8-2-1-3-9-21/h1-3,8-11,19-20,25H,4-7,12-18H2. The van der Waals surface area contributed by atoms with Gasteiger partial charge in [0.05, 0.1) is 17.2 Å². The molecule has 200 valence electrons. The summed E-state index contributed by atoms with van der Waals surface area (Å²) in [6, 6.07) is 12.5. The Kier molecular flexibility index (Phi) is 9.00. The first-order chi connectivity index (χ1) is 17.7. The van der Waals surface area contributed by atoms with Crippen molar-refractivity contribution in [3.8, 4) is 5.75 Å². The van der Waals surface area contributed by atoms with Gasteiger partial charge in [0.15, 0.2) is 5.92 Å². The summed E-state index contributed by atoms with van der Waals surface area (Å²) in [4.78, 5) is 28.2.